The summed E-state index contributed by atoms with van der Waals surface area (Å²) < 4.78 is 6.07. The van der Waals surface area contributed by atoms with Gasteiger partial charge in [0.1, 0.15) is 11.3 Å². The molecule has 1 saturated carbocycles. The fourth-order valence-electron chi connectivity index (χ4n) is 8.55. The molecule has 2 N–H and O–H groups in total. The monoisotopic (exact) mass is 672 g/mol. The number of urea groups is 1. The summed E-state index contributed by atoms with van der Waals surface area (Å²) in [5, 5.41) is 16.9. The van der Waals surface area contributed by atoms with Gasteiger partial charge in [0.15, 0.2) is 6.10 Å². The Morgan fingerprint density at radius 3 is 2.37 bits per heavy atom. The van der Waals surface area contributed by atoms with Crippen molar-refractivity contribution in [2.45, 2.75) is 88.9 Å². The Balaban J connectivity index is 0.990. The number of hydrogen-bond donors (Lipinski definition) is 2. The third-order valence-electron chi connectivity index (χ3n) is 11.7. The maximum Gasteiger partial charge on any atom is 0.410 e. The lowest BCUT2D eigenvalue weighted by Gasteiger charge is -2.38. The molecular formula is C37H48N6O6. The molecule has 4 aliphatic heterocycles. The summed E-state index contributed by atoms with van der Waals surface area (Å²) in [6.45, 7) is 7.99. The number of anilines is 1. The van der Waals surface area contributed by atoms with Crippen LogP contribution in [0.25, 0.3) is 0 Å². The predicted molar refractivity (Wildman–Crippen MR) is 184 cm³/mol. The number of likely N-dealkylation sites (tertiary alicyclic amines) is 3. The zero-order chi connectivity index (χ0) is 34.3. The first-order valence-corrected chi connectivity index (χ1v) is 17.9. The van der Waals surface area contributed by atoms with Gasteiger partial charge in [-0.05, 0) is 93.7 Å². The van der Waals surface area contributed by atoms with Gasteiger partial charge in [-0.1, -0.05) is 35.5 Å². The van der Waals surface area contributed by atoms with Crippen LogP contribution >= 0.6 is 0 Å². The standard InChI is InChI=1S/C37H48N6O6/c1-24-19-26(20-25(2)33(24)44)21-32(34(45)42-17-11-30(23-42)41-14-8-28(22-41)37(39-48)12-13-37)49-36(47)40-15-9-29(10-16-40)43-18-7-27-5-3-4-6-31(27)38-35(43)46/h3-6,19-20,28-30,32,44H,7-18,21-23H2,1-2H3,(H,38,46)/t28?,30?,32-/m1/s1. The highest BCUT2D eigenvalue weighted by Crippen LogP contribution is 2.49. The number of aromatic hydroxyl groups is 1. The van der Waals surface area contributed by atoms with Crippen LogP contribution in [0.5, 0.6) is 5.75 Å². The van der Waals surface area contributed by atoms with Crippen LogP contribution in [0.3, 0.4) is 0 Å². The van der Waals surface area contributed by atoms with Gasteiger partial charge in [-0.25, -0.2) is 9.59 Å². The van der Waals surface area contributed by atoms with Gasteiger partial charge in [-0.15, -0.1) is 0 Å². The fourth-order valence-corrected chi connectivity index (χ4v) is 8.55. The smallest absolute Gasteiger partial charge is 0.410 e. The van der Waals surface area contributed by atoms with E-state index in [0.717, 1.165) is 62.0 Å². The van der Waals surface area contributed by atoms with Gasteiger partial charge in [0, 0.05) is 69.4 Å². The Kier molecular flexibility index (Phi) is 9.25. The van der Waals surface area contributed by atoms with E-state index in [1.165, 1.54) is 0 Å². The van der Waals surface area contributed by atoms with Gasteiger partial charge in [-0.2, -0.15) is 4.91 Å². The summed E-state index contributed by atoms with van der Waals surface area (Å²) in [6.07, 6.45) is 4.25. The highest BCUT2D eigenvalue weighted by Gasteiger charge is 2.54. The second-order valence-corrected chi connectivity index (χ2v) is 14.8. The first-order chi connectivity index (χ1) is 23.6. The Labute approximate surface area is 287 Å². The van der Waals surface area contributed by atoms with Gasteiger partial charge in [0.25, 0.3) is 5.91 Å². The molecule has 5 aliphatic rings. The molecule has 12 nitrogen and oxygen atoms in total. The molecule has 3 atom stereocenters. The summed E-state index contributed by atoms with van der Waals surface area (Å²) in [6, 6.07) is 11.6. The normalized spacial score (nSPS) is 24.6. The number of ether oxygens (including phenoxy) is 1. The van der Waals surface area contributed by atoms with Gasteiger partial charge < -0.3 is 29.9 Å². The highest BCUT2D eigenvalue weighted by atomic mass is 16.6. The zero-order valence-corrected chi connectivity index (χ0v) is 28.6. The molecule has 3 saturated heterocycles. The lowest BCUT2D eigenvalue weighted by molar-refractivity contribution is -0.140. The van der Waals surface area contributed by atoms with E-state index in [0.29, 0.717) is 62.6 Å². The van der Waals surface area contributed by atoms with Crippen LogP contribution in [-0.4, -0.2) is 112 Å². The molecule has 0 aromatic heterocycles. The second kappa shape index (κ2) is 13.6. The van der Waals surface area contributed by atoms with Crippen molar-refractivity contribution in [3.05, 3.63) is 63.6 Å². The number of nitroso groups, excluding NO2 is 1. The summed E-state index contributed by atoms with van der Waals surface area (Å²) in [7, 11) is 0. The molecule has 12 heteroatoms. The second-order valence-electron chi connectivity index (χ2n) is 14.8. The molecule has 2 unspecified atom stereocenters. The number of piperidine rings is 1. The Bertz CT molecular complexity index is 1580. The van der Waals surface area contributed by atoms with Gasteiger partial charge in [0.05, 0.1) is 0 Å². The first-order valence-electron chi connectivity index (χ1n) is 17.9. The van der Waals surface area contributed by atoms with Crippen LogP contribution in [0.2, 0.25) is 0 Å². The van der Waals surface area contributed by atoms with E-state index >= 15 is 0 Å². The van der Waals surface area contributed by atoms with Crippen molar-refractivity contribution >= 4 is 23.7 Å². The molecular weight excluding hydrogens is 624 g/mol. The topological polar surface area (TPSA) is 135 Å². The summed E-state index contributed by atoms with van der Waals surface area (Å²) in [4.78, 5) is 60.1. The molecule has 2 aromatic carbocycles. The SMILES string of the molecule is Cc1cc(C[C@@H](OC(=O)N2CCC(N3CCc4ccccc4NC3=O)CC2)C(=O)N2CCC(N3CCC(C4(N=O)CC4)C3)C2)cc(C)c1O. The Morgan fingerprint density at radius 2 is 1.65 bits per heavy atom. The number of nitrogens with one attached hydrogen (secondary N) is 1. The lowest BCUT2D eigenvalue weighted by atomic mass is 9.97. The van der Waals surface area contributed by atoms with Crippen molar-refractivity contribution in [2.24, 2.45) is 11.1 Å². The molecule has 2 aromatic rings. The van der Waals surface area contributed by atoms with E-state index in [1.54, 1.807) is 4.90 Å². The van der Waals surface area contributed by atoms with Crippen LogP contribution in [0, 0.1) is 24.7 Å². The van der Waals surface area contributed by atoms with Crippen molar-refractivity contribution in [1.29, 1.82) is 0 Å². The molecule has 49 heavy (non-hydrogen) atoms. The number of carbonyl (C=O) groups excluding carboxylic acids is 3. The third-order valence-corrected chi connectivity index (χ3v) is 11.7. The van der Waals surface area contributed by atoms with E-state index in [2.05, 4.69) is 15.4 Å². The number of nitrogens with zero attached hydrogens (tertiary/aromatic N) is 5. The third kappa shape index (κ3) is 6.84. The molecule has 262 valence electrons. The number of para-hydroxylation sites is 1. The molecule has 0 bridgehead atoms. The maximum atomic E-state index is 14.1. The quantitative estimate of drug-likeness (QED) is 0.384. The number of hydrogen-bond acceptors (Lipinski definition) is 8. The Morgan fingerprint density at radius 1 is 0.959 bits per heavy atom. The lowest BCUT2D eigenvalue weighted by Crippen LogP contribution is -2.51. The number of rotatable bonds is 8. The molecule has 4 heterocycles. The zero-order valence-electron chi connectivity index (χ0n) is 28.6. The summed E-state index contributed by atoms with van der Waals surface area (Å²) >= 11 is 0. The number of phenols is 1. The van der Waals surface area contributed by atoms with E-state index in [-0.39, 0.29) is 41.7 Å². The van der Waals surface area contributed by atoms with E-state index in [1.807, 2.05) is 60.0 Å². The van der Waals surface area contributed by atoms with Crippen molar-refractivity contribution in [3.63, 3.8) is 0 Å². The van der Waals surface area contributed by atoms with Crippen molar-refractivity contribution < 1.29 is 24.2 Å². The van der Waals surface area contributed by atoms with E-state index in [4.69, 9.17) is 4.74 Å². The van der Waals surface area contributed by atoms with Gasteiger partial charge >= 0.3 is 12.1 Å². The molecule has 4 fully saturated rings. The number of carbonyl (C=O) groups is 3. The van der Waals surface area contributed by atoms with E-state index in [9.17, 15) is 24.4 Å². The maximum absolute atomic E-state index is 14.1. The van der Waals surface area contributed by atoms with Gasteiger partial charge in [-0.3, -0.25) is 9.69 Å². The average molecular weight is 673 g/mol. The van der Waals surface area contributed by atoms with Crippen LogP contribution < -0.4 is 5.32 Å². The molecule has 0 radical (unpaired) electrons. The minimum absolute atomic E-state index is 0.00237. The van der Waals surface area contributed by atoms with Crippen molar-refractivity contribution in [3.8, 4) is 5.75 Å². The van der Waals surface area contributed by atoms with Crippen molar-refractivity contribution in [2.75, 3.05) is 51.1 Å². The average Bonchev–Trinajstić information content (AvgIpc) is 3.52. The highest BCUT2D eigenvalue weighted by molar-refractivity contribution is 5.91. The largest absolute Gasteiger partial charge is 0.507 e. The molecule has 0 spiro atoms. The molecule has 7 rings (SSSR count). The van der Waals surface area contributed by atoms with Crippen LogP contribution in [0.15, 0.2) is 41.6 Å². The number of phenolic OH excluding ortho intramolecular Hbond substituents is 1. The number of benzene rings is 2. The minimum atomic E-state index is -1.01. The van der Waals surface area contributed by atoms with Crippen LogP contribution in [-0.2, 0) is 22.4 Å². The molecule has 4 amide bonds. The van der Waals surface area contributed by atoms with Crippen molar-refractivity contribution in [1.82, 2.24) is 19.6 Å². The number of aryl methyl sites for hydroxylation is 2. The van der Waals surface area contributed by atoms with E-state index < -0.39 is 12.2 Å². The first kappa shape index (κ1) is 33.3. The number of fused-ring (bicyclic) bond motifs is 1. The van der Waals surface area contributed by atoms with Crippen LogP contribution in [0.1, 0.15) is 60.8 Å². The minimum Gasteiger partial charge on any atom is -0.507 e. The van der Waals surface area contributed by atoms with Gasteiger partial charge in [0.2, 0.25) is 0 Å². The summed E-state index contributed by atoms with van der Waals surface area (Å²) in [5.41, 5.74) is 3.82. The molecule has 1 aliphatic carbocycles. The van der Waals surface area contributed by atoms with Crippen LogP contribution in [0.4, 0.5) is 15.3 Å². The number of amides is 4. The predicted octanol–water partition coefficient (Wildman–Crippen LogP) is 4.83. The fraction of sp³-hybridized carbons (Fsp3) is 0.595. The summed E-state index contributed by atoms with van der Waals surface area (Å²) in [5.74, 6) is 0.301. The Hall–Kier alpha value is -4.19.